The normalized spacial score (nSPS) is 20.8. The van der Waals surface area contributed by atoms with Crippen molar-refractivity contribution in [2.45, 2.75) is 100 Å². The maximum atomic E-state index is 7.52. The summed E-state index contributed by atoms with van der Waals surface area (Å²) in [5.41, 5.74) is 2.00. The highest BCUT2D eigenvalue weighted by Crippen LogP contribution is 2.56. The Balaban J connectivity index is 1.64. The van der Waals surface area contributed by atoms with Gasteiger partial charge in [-0.1, -0.05) is 186 Å². The lowest BCUT2D eigenvalue weighted by atomic mass is 9.58. The van der Waals surface area contributed by atoms with E-state index in [4.69, 9.17) is 18.6 Å². The van der Waals surface area contributed by atoms with E-state index in [1.54, 1.807) is 0 Å². The van der Waals surface area contributed by atoms with Crippen molar-refractivity contribution in [3.8, 4) is 0 Å². The Labute approximate surface area is 301 Å². The molecule has 2 heterocycles. The Morgan fingerprint density at radius 1 is 0.520 bits per heavy atom. The van der Waals surface area contributed by atoms with Crippen molar-refractivity contribution in [3.05, 3.63) is 169 Å². The average Bonchev–Trinajstić information content (AvgIpc) is 3.19. The lowest BCUT2D eigenvalue weighted by molar-refractivity contribution is -0.216. The van der Waals surface area contributed by atoms with Gasteiger partial charge in [0, 0.05) is 11.6 Å². The monoisotopic (exact) mass is 666 g/mol. The van der Waals surface area contributed by atoms with Crippen LogP contribution in [0.3, 0.4) is 0 Å². The smallest absolute Gasteiger partial charge is 0.401 e. The summed E-state index contributed by atoms with van der Waals surface area (Å²) < 4.78 is 29.8. The van der Waals surface area contributed by atoms with Crippen molar-refractivity contribution in [1.82, 2.24) is 0 Å². The predicted molar refractivity (Wildman–Crippen MR) is 207 cm³/mol. The molecule has 0 bridgehead atoms. The third kappa shape index (κ3) is 7.09. The number of hydrogen-bond acceptors (Lipinski definition) is 4. The molecule has 0 spiro atoms. The van der Waals surface area contributed by atoms with Crippen LogP contribution in [0.25, 0.3) is 0 Å². The Morgan fingerprint density at radius 2 is 0.820 bits per heavy atom. The highest BCUT2D eigenvalue weighted by Gasteiger charge is 2.67. The molecule has 2 saturated heterocycles. The summed E-state index contributed by atoms with van der Waals surface area (Å²) in [6.07, 6.45) is 11.3. The Kier molecular flexibility index (Phi) is 12.3. The van der Waals surface area contributed by atoms with Gasteiger partial charge in [0.2, 0.25) is 0 Å². The molecule has 50 heavy (non-hydrogen) atoms. The van der Waals surface area contributed by atoms with Gasteiger partial charge in [0.25, 0.3) is 0 Å². The minimum absolute atomic E-state index is 0.0498. The van der Waals surface area contributed by atoms with Crippen LogP contribution in [0.4, 0.5) is 0 Å². The SMILES string of the molecule is C=C[C@@H](CCCCC)B1O[C@@H]2[C@@H](OB([C@@H](C=C)CCCCC)OC2(c2ccccc2)c2ccccc2)C(c2ccccc2)(c2ccccc2)O1. The fourth-order valence-electron chi connectivity index (χ4n) is 7.98. The first-order valence-electron chi connectivity index (χ1n) is 18.8. The van der Waals surface area contributed by atoms with E-state index in [0.717, 1.165) is 73.6 Å². The van der Waals surface area contributed by atoms with Crippen molar-refractivity contribution in [2.24, 2.45) is 0 Å². The summed E-state index contributed by atoms with van der Waals surface area (Å²) in [4.78, 5) is 0. The average molecular weight is 667 g/mol. The molecule has 0 N–H and O–H groups in total. The first kappa shape index (κ1) is 36.1. The van der Waals surface area contributed by atoms with Crippen LogP contribution in [-0.4, -0.2) is 26.4 Å². The first-order chi connectivity index (χ1) is 24.6. The van der Waals surface area contributed by atoms with Crippen LogP contribution >= 0.6 is 0 Å². The van der Waals surface area contributed by atoms with E-state index in [9.17, 15) is 0 Å². The summed E-state index contributed by atoms with van der Waals surface area (Å²) in [5, 5.41) is 0. The number of unbranched alkanes of at least 4 members (excludes halogenated alkanes) is 4. The van der Waals surface area contributed by atoms with E-state index in [1.165, 1.54) is 0 Å². The van der Waals surface area contributed by atoms with Crippen molar-refractivity contribution in [1.29, 1.82) is 0 Å². The molecule has 0 radical (unpaired) electrons. The third-order valence-corrected chi connectivity index (χ3v) is 10.6. The Bertz CT molecular complexity index is 1420. The van der Waals surface area contributed by atoms with Crippen molar-refractivity contribution in [3.63, 3.8) is 0 Å². The van der Waals surface area contributed by atoms with Crippen molar-refractivity contribution >= 4 is 14.2 Å². The number of fused-ring (bicyclic) bond motifs is 1. The van der Waals surface area contributed by atoms with E-state index in [1.807, 2.05) is 12.2 Å². The van der Waals surface area contributed by atoms with Gasteiger partial charge in [0.05, 0.1) is 0 Å². The van der Waals surface area contributed by atoms with Crippen LogP contribution in [0.5, 0.6) is 0 Å². The van der Waals surface area contributed by atoms with Gasteiger partial charge in [-0.25, -0.2) is 0 Å². The summed E-state index contributed by atoms with van der Waals surface area (Å²) in [5.74, 6) is -0.0996. The zero-order valence-corrected chi connectivity index (χ0v) is 29.9. The largest absolute Gasteiger partial charge is 0.465 e. The van der Waals surface area contributed by atoms with Gasteiger partial charge in [-0.05, 0) is 35.1 Å². The molecule has 0 amide bonds. The van der Waals surface area contributed by atoms with E-state index in [0.29, 0.717) is 0 Å². The molecule has 2 aliphatic heterocycles. The van der Waals surface area contributed by atoms with E-state index >= 15 is 0 Å². The molecule has 0 aromatic heterocycles. The molecule has 0 unspecified atom stereocenters. The number of hydrogen-bond donors (Lipinski definition) is 0. The van der Waals surface area contributed by atoms with Gasteiger partial charge in [0.1, 0.15) is 23.4 Å². The summed E-state index contributed by atoms with van der Waals surface area (Å²) >= 11 is 0. The highest BCUT2D eigenvalue weighted by molar-refractivity contribution is 6.49. The second kappa shape index (κ2) is 17.0. The van der Waals surface area contributed by atoms with E-state index < -0.39 is 37.6 Å². The minimum Gasteiger partial charge on any atom is -0.401 e. The second-order valence-electron chi connectivity index (χ2n) is 13.8. The molecule has 2 aliphatic rings. The molecular weight excluding hydrogens is 614 g/mol. The lowest BCUT2D eigenvalue weighted by Gasteiger charge is -2.60. The molecule has 4 aromatic rings. The lowest BCUT2D eigenvalue weighted by Crippen LogP contribution is -2.72. The van der Waals surface area contributed by atoms with Crippen LogP contribution in [0, 0.1) is 0 Å². The summed E-state index contributed by atoms with van der Waals surface area (Å²) in [7, 11) is -1.22. The maximum Gasteiger partial charge on any atom is 0.465 e. The molecule has 2 fully saturated rings. The molecule has 4 atom stereocenters. The maximum absolute atomic E-state index is 7.52. The van der Waals surface area contributed by atoms with E-state index in [-0.39, 0.29) is 11.6 Å². The summed E-state index contributed by atoms with van der Waals surface area (Å²) in [6, 6.07) is 42.3. The molecule has 4 aromatic carbocycles. The number of allylic oxidation sites excluding steroid dienone is 2. The minimum atomic E-state index is -1.03. The van der Waals surface area contributed by atoms with Crippen LogP contribution in [0.2, 0.25) is 11.6 Å². The highest BCUT2D eigenvalue weighted by atomic mass is 16.7. The van der Waals surface area contributed by atoms with Crippen LogP contribution < -0.4 is 0 Å². The zero-order chi connectivity index (χ0) is 34.8. The second-order valence-corrected chi connectivity index (χ2v) is 13.8. The van der Waals surface area contributed by atoms with Crippen molar-refractivity contribution in [2.75, 3.05) is 0 Å². The molecular formula is C44H52B2O4. The van der Waals surface area contributed by atoms with Gasteiger partial charge >= 0.3 is 14.2 Å². The van der Waals surface area contributed by atoms with Crippen LogP contribution in [0.15, 0.2) is 147 Å². The molecule has 0 aliphatic carbocycles. The van der Waals surface area contributed by atoms with Gasteiger partial charge in [-0.3, -0.25) is 0 Å². The van der Waals surface area contributed by atoms with Gasteiger partial charge in [0.15, 0.2) is 0 Å². The Hall–Kier alpha value is -3.67. The van der Waals surface area contributed by atoms with E-state index in [2.05, 4.69) is 148 Å². The zero-order valence-electron chi connectivity index (χ0n) is 29.9. The molecule has 0 saturated carbocycles. The summed E-state index contributed by atoms with van der Waals surface area (Å²) in [6.45, 7) is 13.1. The van der Waals surface area contributed by atoms with Gasteiger partial charge in [-0.2, -0.15) is 0 Å². The third-order valence-electron chi connectivity index (χ3n) is 10.6. The van der Waals surface area contributed by atoms with Crippen LogP contribution in [0.1, 0.15) is 87.5 Å². The van der Waals surface area contributed by atoms with Crippen molar-refractivity contribution < 1.29 is 18.6 Å². The quantitative estimate of drug-likeness (QED) is 0.0678. The van der Waals surface area contributed by atoms with Gasteiger partial charge < -0.3 is 18.6 Å². The van der Waals surface area contributed by atoms with Gasteiger partial charge in [-0.15, -0.1) is 13.2 Å². The fourth-order valence-corrected chi connectivity index (χ4v) is 7.98. The topological polar surface area (TPSA) is 36.9 Å². The number of rotatable bonds is 16. The first-order valence-corrected chi connectivity index (χ1v) is 18.8. The predicted octanol–water partition coefficient (Wildman–Crippen LogP) is 11.0. The fraction of sp³-hybridized carbons (Fsp3) is 0.364. The molecule has 6 heteroatoms. The van der Waals surface area contributed by atoms with Crippen LogP contribution in [-0.2, 0) is 29.8 Å². The molecule has 6 rings (SSSR count). The molecule has 258 valence electrons. The standard InChI is InChI=1S/C44H52B2O4/c1-5-9-15-33-39(7-3)45-47-41-42(43(49-45,35-25-17-11-18-26-35)36-27-19-12-20-28-36)48-46(40(8-4)34-16-10-6-2)50-44(41,37-29-21-13-22-30-37)38-31-23-14-24-32-38/h7-8,11-14,17-32,39-42H,3-6,9-10,15-16,33-34H2,1-2H3/t39-,40-,41+,42+/m0/s1. The number of benzene rings is 4. The molecule has 4 nitrogen and oxygen atoms in total. The Morgan fingerprint density at radius 3 is 1.08 bits per heavy atom.